The van der Waals surface area contributed by atoms with Gasteiger partial charge in [0.25, 0.3) is 0 Å². The Balaban J connectivity index is 0.000000140. The number of aromatic nitrogens is 4. The van der Waals surface area contributed by atoms with Crippen LogP contribution >= 0.6 is 38.6 Å². The number of aliphatic hydroxyl groups is 1. The van der Waals surface area contributed by atoms with E-state index in [-0.39, 0.29) is 47.1 Å². The van der Waals surface area contributed by atoms with E-state index in [0.29, 0.717) is 86.4 Å². The monoisotopic (exact) mass is 1220 g/mol. The molecule has 4 heterocycles. The van der Waals surface area contributed by atoms with Crippen molar-refractivity contribution in [3.8, 4) is 11.5 Å². The Hall–Kier alpha value is -6.45. The summed E-state index contributed by atoms with van der Waals surface area (Å²) in [4.78, 5) is 27.2. The zero-order valence-corrected chi connectivity index (χ0v) is 49.9. The van der Waals surface area contributed by atoms with Crippen LogP contribution in [-0.2, 0) is 46.3 Å². The molecule has 14 rings (SSSR count). The van der Waals surface area contributed by atoms with Gasteiger partial charge in [0.1, 0.15) is 86.7 Å². The summed E-state index contributed by atoms with van der Waals surface area (Å²) < 4.78 is 66.5. The quantitative estimate of drug-likeness (QED) is 0.0969. The molecule has 83 heavy (non-hydrogen) atoms. The van der Waals surface area contributed by atoms with Crippen molar-refractivity contribution < 1.29 is 46.7 Å². The molecule has 0 aliphatic heterocycles. The van der Waals surface area contributed by atoms with Crippen molar-refractivity contribution in [2.75, 3.05) is 0 Å². The van der Waals surface area contributed by atoms with Crippen molar-refractivity contribution in [3.05, 3.63) is 160 Å². The van der Waals surface area contributed by atoms with Crippen molar-refractivity contribution in [3.63, 3.8) is 0 Å². The summed E-state index contributed by atoms with van der Waals surface area (Å²) in [6.07, 6.45) is 11.6. The molecule has 430 valence electrons. The number of Topliss-reactive ketones (excluding diaryl/α,β-unsaturated/α-hetero) is 1. The summed E-state index contributed by atoms with van der Waals surface area (Å²) >= 11 is 5.79. The standard InChI is InChI=1S/C32H32FN3O4S.C24H29NO4.C8H2BrFN2S/c1-17-5-4-6-18(2)29(17)39-16-26-24(30(40-36-26)19-7-8-19)15-38-23-11-20-9-10-21(12-23)32(20,37)31-35-28-25(33)13-22(34-3)14-27(28)41-31;1-14-4-3-5-15(2)23(14)28-13-21-20(24(29-25-21)16-6-7-16)12-27-19-10-17-8-9-18(11-19)22(17)26;1-11-4-2-5(10)7-6(3-4)13-8(9)12-7/h4-6,13-14,19-21,23,37H,7-12,15-16H2,1-2H3;3-5,16-19H,6-13H2,1-2H3;2-3H/t20-,21+,23?,32?;17-,18+,19?;. The Morgan fingerprint density at radius 1 is 0.627 bits per heavy atom. The van der Waals surface area contributed by atoms with Gasteiger partial charge in [-0.15, -0.1) is 22.7 Å². The summed E-state index contributed by atoms with van der Waals surface area (Å²) in [5, 5.41) is 21.3. The number of ketones is 1. The number of benzene rings is 4. The number of nitrogens with zero attached hydrogens (tertiary/aromatic N) is 6. The van der Waals surface area contributed by atoms with E-state index in [4.69, 9.17) is 41.1 Å². The average molecular weight is 1230 g/mol. The molecule has 3 unspecified atom stereocenters. The molecule has 6 fully saturated rings. The number of carbonyl (C=O) groups is 1. The molecule has 4 aromatic heterocycles. The number of halogens is 3. The fourth-order valence-corrected chi connectivity index (χ4v) is 15.6. The van der Waals surface area contributed by atoms with Crippen LogP contribution in [0, 0.1) is 76.1 Å². The Bertz CT molecular complexity index is 3770. The first-order valence-corrected chi connectivity index (χ1v) is 31.0. The first kappa shape index (κ1) is 57.0. The largest absolute Gasteiger partial charge is 0.487 e. The molecule has 1 N–H and O–H groups in total. The van der Waals surface area contributed by atoms with Gasteiger partial charge in [-0.3, -0.25) is 4.79 Å². The van der Waals surface area contributed by atoms with E-state index in [2.05, 4.69) is 71.9 Å². The summed E-state index contributed by atoms with van der Waals surface area (Å²) in [5.74, 6) is 4.45. The Morgan fingerprint density at radius 3 is 1.52 bits per heavy atom. The third-order valence-electron chi connectivity index (χ3n) is 17.6. The predicted octanol–water partition coefficient (Wildman–Crippen LogP) is 16.4. The fourth-order valence-electron chi connectivity index (χ4n) is 12.9. The summed E-state index contributed by atoms with van der Waals surface area (Å²) in [6.45, 7) is 23.8. The van der Waals surface area contributed by atoms with Gasteiger partial charge in [0.15, 0.2) is 15.3 Å². The van der Waals surface area contributed by atoms with Crippen LogP contribution in [0.25, 0.3) is 30.1 Å². The van der Waals surface area contributed by atoms with Crippen LogP contribution in [0.15, 0.2) is 73.6 Å². The average Bonchev–Trinajstić information content (AvgIpc) is 3.81. The maximum absolute atomic E-state index is 14.6. The van der Waals surface area contributed by atoms with Gasteiger partial charge in [-0.05, 0) is 179 Å². The highest BCUT2D eigenvalue weighted by Gasteiger charge is 2.56. The van der Waals surface area contributed by atoms with Gasteiger partial charge >= 0.3 is 0 Å². The fraction of sp³-hybridized carbons (Fsp3) is 0.453. The zero-order chi connectivity index (χ0) is 57.7. The Labute approximate surface area is 496 Å². The number of fused-ring (bicyclic) bond motifs is 6. The number of hydrogen-bond donors (Lipinski definition) is 1. The third-order valence-corrected chi connectivity index (χ3v) is 20.2. The van der Waals surface area contributed by atoms with Crippen molar-refractivity contribution in [2.45, 2.75) is 161 Å². The normalized spacial score (nSPS) is 23.3. The van der Waals surface area contributed by atoms with E-state index in [1.54, 1.807) is 12.1 Å². The predicted molar refractivity (Wildman–Crippen MR) is 314 cm³/mol. The van der Waals surface area contributed by atoms with Crippen molar-refractivity contribution in [1.29, 1.82) is 0 Å². The van der Waals surface area contributed by atoms with E-state index in [1.807, 2.05) is 38.1 Å². The van der Waals surface area contributed by atoms with Gasteiger partial charge < -0.3 is 33.1 Å². The highest BCUT2D eigenvalue weighted by Crippen LogP contribution is 2.57. The second-order valence-corrected chi connectivity index (χ2v) is 26.6. The van der Waals surface area contributed by atoms with E-state index in [1.165, 1.54) is 34.8 Å². The second kappa shape index (κ2) is 23.9. The summed E-state index contributed by atoms with van der Waals surface area (Å²) in [6, 6.07) is 18.0. The molecule has 19 heteroatoms. The lowest BCUT2D eigenvalue weighted by molar-refractivity contribution is -0.130. The number of thiazole rings is 2. The number of rotatable bonds is 15. The second-order valence-electron chi connectivity index (χ2n) is 23.2. The number of aryl methyl sites for hydroxylation is 4. The number of carbonyl (C=O) groups excluding carboxylic acids is 1. The summed E-state index contributed by atoms with van der Waals surface area (Å²) in [7, 11) is 0. The zero-order valence-electron chi connectivity index (χ0n) is 46.6. The van der Waals surface area contributed by atoms with Crippen LogP contribution in [0.2, 0.25) is 0 Å². The van der Waals surface area contributed by atoms with Gasteiger partial charge in [0, 0.05) is 44.2 Å². The molecule has 7 atom stereocenters. The lowest BCUT2D eigenvalue weighted by Crippen LogP contribution is -2.44. The minimum atomic E-state index is -1.10. The molecule has 6 aliphatic carbocycles. The maximum Gasteiger partial charge on any atom is 0.191 e. The molecule has 0 saturated heterocycles. The number of para-hydroxylation sites is 2. The number of ether oxygens (including phenoxy) is 4. The molecule has 0 spiro atoms. The Morgan fingerprint density at radius 2 is 1.06 bits per heavy atom. The van der Waals surface area contributed by atoms with Crippen LogP contribution in [-0.4, -0.2) is 43.4 Å². The minimum Gasteiger partial charge on any atom is -0.487 e. The maximum atomic E-state index is 14.6. The molecule has 6 saturated carbocycles. The molecule has 4 bridgehead atoms. The topological polar surface area (TPSA) is 161 Å². The first-order valence-electron chi connectivity index (χ1n) is 28.6. The van der Waals surface area contributed by atoms with E-state index < -0.39 is 17.2 Å². The van der Waals surface area contributed by atoms with Crippen LogP contribution in [0.5, 0.6) is 11.5 Å². The van der Waals surface area contributed by atoms with Crippen molar-refractivity contribution in [1.82, 2.24) is 20.3 Å². The molecule has 8 aromatic rings. The minimum absolute atomic E-state index is 0.0121. The number of hydrogen-bond acceptors (Lipinski definition) is 14. The summed E-state index contributed by atoms with van der Waals surface area (Å²) in [5.41, 5.74) is 8.08. The molecular weight excluding hydrogens is 1160 g/mol. The van der Waals surface area contributed by atoms with Crippen LogP contribution < -0.4 is 9.47 Å². The van der Waals surface area contributed by atoms with Gasteiger partial charge in [-0.1, -0.05) is 46.7 Å². The van der Waals surface area contributed by atoms with Crippen LogP contribution in [0.1, 0.15) is 150 Å². The molecule has 0 amide bonds. The lowest BCUT2D eigenvalue weighted by Gasteiger charge is -2.41. The van der Waals surface area contributed by atoms with Gasteiger partial charge in [0.2, 0.25) is 0 Å². The molecule has 6 aliphatic rings. The highest BCUT2D eigenvalue weighted by atomic mass is 79.9. The first-order chi connectivity index (χ1) is 40.1. The van der Waals surface area contributed by atoms with E-state index in [0.717, 1.165) is 132 Å². The Kier molecular flexibility index (Phi) is 16.4. The van der Waals surface area contributed by atoms with Crippen molar-refractivity contribution in [2.24, 2.45) is 23.7 Å². The van der Waals surface area contributed by atoms with Gasteiger partial charge in [0.05, 0.1) is 38.6 Å². The van der Waals surface area contributed by atoms with Gasteiger partial charge in [-0.25, -0.2) is 28.4 Å². The van der Waals surface area contributed by atoms with E-state index >= 15 is 0 Å². The molecular formula is C64H63BrF2N6O8S2. The molecule has 14 nitrogen and oxygen atoms in total. The molecule has 4 aromatic carbocycles. The van der Waals surface area contributed by atoms with Crippen LogP contribution in [0.4, 0.5) is 20.2 Å². The van der Waals surface area contributed by atoms with Crippen molar-refractivity contribution >= 4 is 76.2 Å². The third kappa shape index (κ3) is 11.9. The SMILES string of the molecule is Cc1cccc(C)c1OCc1noc(C2CC2)c1COC1C[C@H]2CC[C@@H](C1)C2=O.[C-]#[N+]c1cc(F)c2nc(Br)sc2c1.[C-]#[N+]c1cc(F)c2nc(C3(O)[C@@H]4CC[C@H]3CC(OCc3c(COc5c(C)cccc5C)noc3C3CC3)C4)sc2c1. The smallest absolute Gasteiger partial charge is 0.191 e. The van der Waals surface area contributed by atoms with Gasteiger partial charge in [-0.2, -0.15) is 0 Å². The van der Waals surface area contributed by atoms with E-state index in [9.17, 15) is 18.7 Å². The molecule has 0 radical (unpaired) electrons. The van der Waals surface area contributed by atoms with Crippen LogP contribution in [0.3, 0.4) is 0 Å². The lowest BCUT2D eigenvalue weighted by atomic mass is 9.73. The highest BCUT2D eigenvalue weighted by molar-refractivity contribution is 9.11.